The zero-order valence-corrected chi connectivity index (χ0v) is 14.7. The number of nitrogens with one attached hydrogen (secondary N) is 1. The predicted molar refractivity (Wildman–Crippen MR) is 87.5 cm³/mol. The van der Waals surface area contributed by atoms with Gasteiger partial charge in [0.25, 0.3) is 0 Å². The van der Waals surface area contributed by atoms with E-state index in [1.165, 1.54) is 28.6 Å². The van der Waals surface area contributed by atoms with Crippen molar-refractivity contribution < 1.29 is 16.8 Å². The third-order valence-electron chi connectivity index (χ3n) is 4.67. The summed E-state index contributed by atoms with van der Waals surface area (Å²) in [4.78, 5) is 0.125. The lowest BCUT2D eigenvalue weighted by Crippen LogP contribution is -2.39. The van der Waals surface area contributed by atoms with Gasteiger partial charge in [0.1, 0.15) is 0 Å². The highest BCUT2D eigenvalue weighted by molar-refractivity contribution is 7.91. The maximum Gasteiger partial charge on any atom is 0.243 e. The SMILES string of the molecule is CCS(=O)(=O)c1cccc(S(=O)(=O)N2CCC3CCC(C2)N3)c1. The summed E-state index contributed by atoms with van der Waals surface area (Å²) in [5.74, 6) is -0.0477. The van der Waals surface area contributed by atoms with Crippen LogP contribution in [0.5, 0.6) is 0 Å². The first kappa shape index (κ1) is 16.9. The van der Waals surface area contributed by atoms with Gasteiger partial charge in [0.15, 0.2) is 9.84 Å². The summed E-state index contributed by atoms with van der Waals surface area (Å²) in [5, 5.41) is 3.45. The standard InChI is InChI=1S/C15H22N2O4S2/c1-2-22(18,19)14-4-3-5-15(10-14)23(20,21)17-9-8-12-6-7-13(11-17)16-12/h3-5,10,12-13,16H,2,6-9,11H2,1H3. The quantitative estimate of drug-likeness (QED) is 0.868. The molecule has 2 atom stereocenters. The van der Waals surface area contributed by atoms with Crippen molar-refractivity contribution in [1.29, 1.82) is 0 Å². The molecule has 0 aliphatic carbocycles. The van der Waals surface area contributed by atoms with E-state index in [-0.39, 0.29) is 21.6 Å². The summed E-state index contributed by atoms with van der Waals surface area (Å²) in [6, 6.07) is 6.29. The molecule has 1 aromatic rings. The summed E-state index contributed by atoms with van der Waals surface area (Å²) < 4.78 is 51.3. The average Bonchev–Trinajstić information content (AvgIpc) is 2.86. The minimum Gasteiger partial charge on any atom is -0.310 e. The number of nitrogens with zero attached hydrogens (tertiary/aromatic N) is 1. The molecule has 0 saturated carbocycles. The van der Waals surface area contributed by atoms with Gasteiger partial charge in [0.05, 0.1) is 15.5 Å². The number of sulfonamides is 1. The van der Waals surface area contributed by atoms with Crippen LogP contribution in [0.3, 0.4) is 0 Å². The Bertz CT molecular complexity index is 789. The third kappa shape index (κ3) is 3.31. The molecule has 0 amide bonds. The van der Waals surface area contributed by atoms with E-state index in [9.17, 15) is 16.8 Å². The number of fused-ring (bicyclic) bond motifs is 2. The predicted octanol–water partition coefficient (Wildman–Crippen LogP) is 0.995. The fourth-order valence-electron chi connectivity index (χ4n) is 3.27. The molecule has 0 spiro atoms. The summed E-state index contributed by atoms with van der Waals surface area (Å²) in [6.45, 7) is 2.47. The number of hydrogen-bond donors (Lipinski definition) is 1. The zero-order valence-electron chi connectivity index (χ0n) is 13.1. The van der Waals surface area contributed by atoms with Gasteiger partial charge in [-0.15, -0.1) is 0 Å². The molecule has 2 saturated heterocycles. The fourth-order valence-corrected chi connectivity index (χ4v) is 5.82. The van der Waals surface area contributed by atoms with Crippen LogP contribution < -0.4 is 5.32 Å². The minimum atomic E-state index is -3.67. The molecule has 0 aromatic heterocycles. The van der Waals surface area contributed by atoms with Crippen LogP contribution in [0.2, 0.25) is 0 Å². The number of rotatable bonds is 4. The topological polar surface area (TPSA) is 83.5 Å². The van der Waals surface area contributed by atoms with Crippen LogP contribution in [0.4, 0.5) is 0 Å². The van der Waals surface area contributed by atoms with Crippen LogP contribution in [0.25, 0.3) is 0 Å². The maximum absolute atomic E-state index is 12.9. The van der Waals surface area contributed by atoms with Gasteiger partial charge in [-0.2, -0.15) is 4.31 Å². The van der Waals surface area contributed by atoms with Gasteiger partial charge in [-0.1, -0.05) is 13.0 Å². The van der Waals surface area contributed by atoms with Crippen molar-refractivity contribution in [2.75, 3.05) is 18.8 Å². The largest absolute Gasteiger partial charge is 0.310 e. The normalized spacial score (nSPS) is 26.1. The second-order valence-corrected chi connectivity index (χ2v) is 10.4. The lowest BCUT2D eigenvalue weighted by Gasteiger charge is -2.23. The molecule has 8 heteroatoms. The molecule has 1 aromatic carbocycles. The molecular formula is C15H22N2O4S2. The van der Waals surface area contributed by atoms with Gasteiger partial charge in [-0.05, 0) is 37.5 Å². The van der Waals surface area contributed by atoms with Crippen molar-refractivity contribution >= 4 is 19.9 Å². The van der Waals surface area contributed by atoms with E-state index in [4.69, 9.17) is 0 Å². The molecule has 0 radical (unpaired) electrons. The molecule has 2 unspecified atom stereocenters. The maximum atomic E-state index is 12.9. The molecule has 2 bridgehead atoms. The van der Waals surface area contributed by atoms with Crippen LogP contribution in [0.15, 0.2) is 34.1 Å². The molecule has 128 valence electrons. The number of sulfone groups is 1. The molecule has 6 nitrogen and oxygen atoms in total. The van der Waals surface area contributed by atoms with Crippen LogP contribution in [-0.2, 0) is 19.9 Å². The van der Waals surface area contributed by atoms with Gasteiger partial charge < -0.3 is 5.32 Å². The first-order chi connectivity index (χ1) is 10.8. The van der Waals surface area contributed by atoms with Crippen molar-refractivity contribution in [1.82, 2.24) is 9.62 Å². The van der Waals surface area contributed by atoms with E-state index in [0.29, 0.717) is 19.1 Å². The lowest BCUT2D eigenvalue weighted by molar-refractivity contribution is 0.383. The molecule has 23 heavy (non-hydrogen) atoms. The highest BCUT2D eigenvalue weighted by Crippen LogP contribution is 2.26. The van der Waals surface area contributed by atoms with Crippen molar-refractivity contribution in [2.24, 2.45) is 0 Å². The molecule has 2 fully saturated rings. The van der Waals surface area contributed by atoms with E-state index in [1.807, 2.05) is 0 Å². The van der Waals surface area contributed by atoms with Crippen LogP contribution >= 0.6 is 0 Å². The van der Waals surface area contributed by atoms with Crippen molar-refractivity contribution in [3.63, 3.8) is 0 Å². The van der Waals surface area contributed by atoms with E-state index in [0.717, 1.165) is 19.3 Å². The smallest absolute Gasteiger partial charge is 0.243 e. The van der Waals surface area contributed by atoms with Gasteiger partial charge in [-0.3, -0.25) is 0 Å². The Labute approximate surface area is 137 Å². The Hall–Kier alpha value is -0.960. The molecule has 2 aliphatic rings. The molecule has 3 rings (SSSR count). The lowest BCUT2D eigenvalue weighted by atomic mass is 10.1. The van der Waals surface area contributed by atoms with Crippen LogP contribution in [-0.4, -0.2) is 52.1 Å². The molecule has 2 heterocycles. The monoisotopic (exact) mass is 358 g/mol. The summed E-state index contributed by atoms with van der Waals surface area (Å²) in [7, 11) is -7.09. The summed E-state index contributed by atoms with van der Waals surface area (Å²) >= 11 is 0. The van der Waals surface area contributed by atoms with Gasteiger partial charge in [0.2, 0.25) is 10.0 Å². The van der Waals surface area contributed by atoms with Gasteiger partial charge in [0, 0.05) is 25.2 Å². The zero-order chi connectivity index (χ0) is 16.7. The first-order valence-electron chi connectivity index (χ1n) is 7.92. The Kier molecular flexibility index (Phi) is 4.52. The van der Waals surface area contributed by atoms with Gasteiger partial charge >= 0.3 is 0 Å². The molecule has 1 N–H and O–H groups in total. The Morgan fingerprint density at radius 1 is 1.09 bits per heavy atom. The second-order valence-electron chi connectivity index (χ2n) is 6.17. The summed E-state index contributed by atoms with van der Waals surface area (Å²) in [5.41, 5.74) is 0. The van der Waals surface area contributed by atoms with E-state index >= 15 is 0 Å². The Morgan fingerprint density at radius 3 is 2.52 bits per heavy atom. The Morgan fingerprint density at radius 2 is 1.78 bits per heavy atom. The van der Waals surface area contributed by atoms with Gasteiger partial charge in [-0.25, -0.2) is 16.8 Å². The average molecular weight is 358 g/mol. The minimum absolute atomic E-state index is 0.0477. The van der Waals surface area contributed by atoms with E-state index in [1.54, 1.807) is 6.92 Å². The third-order valence-corrected chi connectivity index (χ3v) is 8.26. The summed E-state index contributed by atoms with van der Waals surface area (Å²) in [6.07, 6.45) is 2.88. The van der Waals surface area contributed by atoms with E-state index in [2.05, 4.69) is 5.32 Å². The van der Waals surface area contributed by atoms with Crippen molar-refractivity contribution in [3.8, 4) is 0 Å². The number of benzene rings is 1. The van der Waals surface area contributed by atoms with Crippen molar-refractivity contribution in [3.05, 3.63) is 24.3 Å². The highest BCUT2D eigenvalue weighted by atomic mass is 32.2. The highest BCUT2D eigenvalue weighted by Gasteiger charge is 2.35. The number of hydrogen-bond acceptors (Lipinski definition) is 5. The van der Waals surface area contributed by atoms with Crippen molar-refractivity contribution in [2.45, 2.75) is 48.1 Å². The van der Waals surface area contributed by atoms with Crippen LogP contribution in [0, 0.1) is 0 Å². The second kappa shape index (κ2) is 6.16. The van der Waals surface area contributed by atoms with E-state index < -0.39 is 19.9 Å². The first-order valence-corrected chi connectivity index (χ1v) is 11.0. The Balaban J connectivity index is 1.92. The molecular weight excluding hydrogens is 336 g/mol. The molecule has 2 aliphatic heterocycles. The fraction of sp³-hybridized carbons (Fsp3) is 0.600. The van der Waals surface area contributed by atoms with Crippen LogP contribution in [0.1, 0.15) is 26.2 Å².